The molecule has 0 aromatic carbocycles. The normalized spacial score (nSPS) is 22.3. The predicted octanol–water partition coefficient (Wildman–Crippen LogP) is 1.58. The molecule has 1 aliphatic carbocycles. The van der Waals surface area contributed by atoms with Crippen molar-refractivity contribution in [2.24, 2.45) is 0 Å². The lowest BCUT2D eigenvalue weighted by atomic mass is 9.95. The SMILES string of the molecule is C=C.O=C1CCCC([N+](=O)[O-])C1. The molecule has 0 radical (unpaired) electrons. The Morgan fingerprint density at radius 3 is 2.42 bits per heavy atom. The number of hydrogen-bond donors (Lipinski definition) is 0. The molecule has 1 unspecified atom stereocenters. The fourth-order valence-electron chi connectivity index (χ4n) is 1.18. The monoisotopic (exact) mass is 171 g/mol. The topological polar surface area (TPSA) is 60.2 Å². The first kappa shape index (κ1) is 10.8. The van der Waals surface area contributed by atoms with Crippen LogP contribution in [0.4, 0.5) is 0 Å². The highest BCUT2D eigenvalue weighted by atomic mass is 16.6. The van der Waals surface area contributed by atoms with Crippen LogP contribution in [0.2, 0.25) is 0 Å². The third-order valence-electron chi connectivity index (χ3n) is 1.75. The summed E-state index contributed by atoms with van der Waals surface area (Å²) in [5.41, 5.74) is 0. The number of nitrogens with zero attached hydrogens (tertiary/aromatic N) is 1. The van der Waals surface area contributed by atoms with Crippen LogP contribution in [-0.2, 0) is 4.79 Å². The van der Waals surface area contributed by atoms with Crippen LogP contribution in [0.15, 0.2) is 13.2 Å². The maximum absolute atomic E-state index is 10.7. The lowest BCUT2D eigenvalue weighted by molar-refractivity contribution is -0.523. The third kappa shape index (κ3) is 3.27. The number of carbonyl (C=O) groups is 1. The van der Waals surface area contributed by atoms with Gasteiger partial charge in [0, 0.05) is 17.8 Å². The molecule has 0 saturated heterocycles. The van der Waals surface area contributed by atoms with Crippen molar-refractivity contribution < 1.29 is 9.72 Å². The van der Waals surface area contributed by atoms with Gasteiger partial charge in [0.2, 0.25) is 6.04 Å². The summed E-state index contributed by atoms with van der Waals surface area (Å²) in [4.78, 5) is 20.5. The lowest BCUT2D eigenvalue weighted by Gasteiger charge is -2.12. The second-order valence-corrected chi connectivity index (χ2v) is 2.57. The van der Waals surface area contributed by atoms with Gasteiger partial charge in [0.1, 0.15) is 5.78 Å². The molecule has 0 aromatic rings. The minimum Gasteiger partial charge on any atom is -0.299 e. The molecule has 1 atom stereocenters. The van der Waals surface area contributed by atoms with E-state index in [1.54, 1.807) is 0 Å². The quantitative estimate of drug-likeness (QED) is 0.342. The van der Waals surface area contributed by atoms with Crippen LogP contribution < -0.4 is 0 Å². The average Bonchev–Trinajstić information content (AvgIpc) is 2.08. The van der Waals surface area contributed by atoms with Crippen LogP contribution in [0.5, 0.6) is 0 Å². The summed E-state index contributed by atoms with van der Waals surface area (Å²) in [7, 11) is 0. The smallest absolute Gasteiger partial charge is 0.220 e. The number of rotatable bonds is 1. The molecule has 0 aromatic heterocycles. The number of hydrogen-bond acceptors (Lipinski definition) is 3. The molecular formula is C8H13NO3. The first-order chi connectivity index (χ1) is 5.70. The highest BCUT2D eigenvalue weighted by Crippen LogP contribution is 2.16. The Morgan fingerprint density at radius 2 is 2.08 bits per heavy atom. The molecule has 0 heterocycles. The van der Waals surface area contributed by atoms with Gasteiger partial charge in [-0.15, -0.1) is 13.2 Å². The van der Waals surface area contributed by atoms with Crippen molar-refractivity contribution in [3.05, 3.63) is 23.3 Å². The fraction of sp³-hybridized carbons (Fsp3) is 0.625. The molecule has 68 valence electrons. The second kappa shape index (κ2) is 5.46. The highest BCUT2D eigenvalue weighted by molar-refractivity contribution is 5.79. The van der Waals surface area contributed by atoms with E-state index in [0.29, 0.717) is 19.3 Å². The van der Waals surface area contributed by atoms with Gasteiger partial charge in [-0.1, -0.05) is 0 Å². The van der Waals surface area contributed by atoms with Gasteiger partial charge in [0.05, 0.1) is 6.42 Å². The van der Waals surface area contributed by atoms with E-state index in [2.05, 4.69) is 13.2 Å². The van der Waals surface area contributed by atoms with Crippen molar-refractivity contribution in [2.45, 2.75) is 31.7 Å². The molecule has 0 amide bonds. The number of nitro groups is 1. The van der Waals surface area contributed by atoms with E-state index in [1.807, 2.05) is 0 Å². The Balaban J connectivity index is 0.000000561. The highest BCUT2D eigenvalue weighted by Gasteiger charge is 2.27. The van der Waals surface area contributed by atoms with Crippen LogP contribution in [0, 0.1) is 10.1 Å². The van der Waals surface area contributed by atoms with Gasteiger partial charge in [-0.05, 0) is 6.42 Å². The first-order valence-corrected chi connectivity index (χ1v) is 3.85. The van der Waals surface area contributed by atoms with Crippen molar-refractivity contribution in [3.8, 4) is 0 Å². The number of carbonyl (C=O) groups excluding carboxylic acids is 1. The molecule has 1 aliphatic rings. The van der Waals surface area contributed by atoms with E-state index in [-0.39, 0.29) is 17.1 Å². The molecule has 1 saturated carbocycles. The number of Topliss-reactive ketones (excluding diaryl/α,β-unsaturated/α-hetero) is 1. The Kier molecular flexibility index (Phi) is 4.92. The first-order valence-electron chi connectivity index (χ1n) is 3.85. The van der Waals surface area contributed by atoms with Gasteiger partial charge < -0.3 is 0 Å². The van der Waals surface area contributed by atoms with Gasteiger partial charge in [-0.2, -0.15) is 0 Å². The van der Waals surface area contributed by atoms with E-state index < -0.39 is 6.04 Å². The zero-order valence-corrected chi connectivity index (χ0v) is 6.99. The Bertz CT molecular complexity index is 177. The van der Waals surface area contributed by atoms with E-state index in [1.165, 1.54) is 0 Å². The van der Waals surface area contributed by atoms with Crippen molar-refractivity contribution >= 4 is 5.78 Å². The van der Waals surface area contributed by atoms with Gasteiger partial charge in [0.15, 0.2) is 0 Å². The van der Waals surface area contributed by atoms with Crippen molar-refractivity contribution in [1.29, 1.82) is 0 Å². The van der Waals surface area contributed by atoms with E-state index in [9.17, 15) is 14.9 Å². The summed E-state index contributed by atoms with van der Waals surface area (Å²) in [6.45, 7) is 6.00. The van der Waals surface area contributed by atoms with Crippen LogP contribution in [-0.4, -0.2) is 16.7 Å². The maximum Gasteiger partial charge on any atom is 0.220 e. The zero-order chi connectivity index (χ0) is 9.56. The summed E-state index contributed by atoms with van der Waals surface area (Å²) < 4.78 is 0. The second-order valence-electron chi connectivity index (χ2n) is 2.57. The summed E-state index contributed by atoms with van der Waals surface area (Å²) in [6, 6.07) is -0.596. The Labute approximate surface area is 71.4 Å². The van der Waals surface area contributed by atoms with Gasteiger partial charge >= 0.3 is 0 Å². The molecule has 4 heteroatoms. The predicted molar refractivity (Wildman–Crippen MR) is 45.5 cm³/mol. The molecule has 1 rings (SSSR count). The molecule has 0 aliphatic heterocycles. The minimum atomic E-state index is -0.596. The van der Waals surface area contributed by atoms with Crippen LogP contribution >= 0.6 is 0 Å². The average molecular weight is 171 g/mol. The zero-order valence-electron chi connectivity index (χ0n) is 6.99. The fourth-order valence-corrected chi connectivity index (χ4v) is 1.18. The van der Waals surface area contributed by atoms with Gasteiger partial charge in [-0.25, -0.2) is 0 Å². The Morgan fingerprint density at radius 1 is 1.50 bits per heavy atom. The lowest BCUT2D eigenvalue weighted by Crippen LogP contribution is -2.26. The van der Waals surface area contributed by atoms with Crippen molar-refractivity contribution in [2.75, 3.05) is 0 Å². The minimum absolute atomic E-state index is 0.0351. The molecule has 0 bridgehead atoms. The standard InChI is InChI=1S/C6H9NO3.C2H4/c8-6-3-1-2-5(4-6)7(9)10;1-2/h5H,1-4H2;1-2H2. The maximum atomic E-state index is 10.7. The molecule has 12 heavy (non-hydrogen) atoms. The number of ketones is 1. The molecule has 1 fully saturated rings. The van der Waals surface area contributed by atoms with Crippen LogP contribution in [0.3, 0.4) is 0 Å². The van der Waals surface area contributed by atoms with Crippen LogP contribution in [0.25, 0.3) is 0 Å². The van der Waals surface area contributed by atoms with E-state index in [4.69, 9.17) is 0 Å². The van der Waals surface area contributed by atoms with E-state index >= 15 is 0 Å². The van der Waals surface area contributed by atoms with Crippen LogP contribution in [0.1, 0.15) is 25.7 Å². The molecule has 0 spiro atoms. The van der Waals surface area contributed by atoms with Crippen molar-refractivity contribution in [3.63, 3.8) is 0 Å². The summed E-state index contributed by atoms with van der Waals surface area (Å²) in [6.07, 6.45) is 1.93. The van der Waals surface area contributed by atoms with Gasteiger partial charge in [0.25, 0.3) is 0 Å². The van der Waals surface area contributed by atoms with Crippen molar-refractivity contribution in [1.82, 2.24) is 0 Å². The Hall–Kier alpha value is -1.19. The molecule has 0 N–H and O–H groups in total. The largest absolute Gasteiger partial charge is 0.299 e. The third-order valence-corrected chi connectivity index (χ3v) is 1.75. The van der Waals surface area contributed by atoms with E-state index in [0.717, 1.165) is 0 Å². The molecular weight excluding hydrogens is 158 g/mol. The summed E-state index contributed by atoms with van der Waals surface area (Å²) in [5, 5.41) is 10.2. The van der Waals surface area contributed by atoms with Gasteiger partial charge in [-0.3, -0.25) is 14.9 Å². The summed E-state index contributed by atoms with van der Waals surface area (Å²) in [5.74, 6) is 0.0351. The summed E-state index contributed by atoms with van der Waals surface area (Å²) >= 11 is 0. The molecule has 4 nitrogen and oxygen atoms in total.